The molecule has 1 N–H and O–H groups in total. The van der Waals surface area contributed by atoms with Gasteiger partial charge in [-0.15, -0.1) is 0 Å². The average molecular weight is 163 g/mol. The molecule has 2 rings (SSSR count). The van der Waals surface area contributed by atoms with E-state index in [0.29, 0.717) is 12.3 Å². The first-order valence-electron chi connectivity index (χ1n) is 4.53. The molecule has 0 aromatic heterocycles. The summed E-state index contributed by atoms with van der Waals surface area (Å²) in [5.74, 6) is 0.750. The molecule has 2 nitrogen and oxygen atoms in total. The molecule has 1 amide bonds. The Morgan fingerprint density at radius 3 is 3.33 bits per heavy atom. The van der Waals surface area contributed by atoms with Crippen LogP contribution in [-0.2, 0) is 4.79 Å². The number of hydrogen-bond donors (Lipinski definition) is 1. The van der Waals surface area contributed by atoms with Gasteiger partial charge in [0.1, 0.15) is 0 Å². The van der Waals surface area contributed by atoms with E-state index in [4.69, 9.17) is 0 Å². The number of carbonyl (C=O) groups excluding carboxylic acids is 1. The lowest BCUT2D eigenvalue weighted by Crippen LogP contribution is -2.24. The Morgan fingerprint density at radius 1 is 1.50 bits per heavy atom. The number of hydrogen-bond acceptors (Lipinski definition) is 1. The lowest BCUT2D eigenvalue weighted by Gasteiger charge is -2.18. The van der Waals surface area contributed by atoms with Crippen molar-refractivity contribution in [2.75, 3.05) is 0 Å². The van der Waals surface area contributed by atoms with Gasteiger partial charge in [-0.25, -0.2) is 0 Å². The van der Waals surface area contributed by atoms with Gasteiger partial charge in [0.2, 0.25) is 5.91 Å². The first kappa shape index (κ1) is 7.59. The van der Waals surface area contributed by atoms with Crippen molar-refractivity contribution in [2.45, 2.75) is 25.7 Å². The molecule has 1 saturated heterocycles. The molecule has 1 atom stereocenters. The van der Waals surface area contributed by atoms with Crippen molar-refractivity contribution in [2.24, 2.45) is 5.92 Å². The monoisotopic (exact) mass is 163 g/mol. The molecule has 0 aromatic rings. The predicted molar refractivity (Wildman–Crippen MR) is 47.3 cm³/mol. The molecule has 0 radical (unpaired) electrons. The van der Waals surface area contributed by atoms with Crippen LogP contribution in [0.2, 0.25) is 0 Å². The molecule has 0 saturated carbocycles. The van der Waals surface area contributed by atoms with Crippen LogP contribution in [0.1, 0.15) is 25.7 Å². The molecule has 0 bridgehead atoms. The fourth-order valence-corrected chi connectivity index (χ4v) is 1.83. The van der Waals surface area contributed by atoms with Crippen molar-refractivity contribution in [3.05, 3.63) is 23.9 Å². The van der Waals surface area contributed by atoms with Crippen LogP contribution in [0.3, 0.4) is 0 Å². The van der Waals surface area contributed by atoms with Crippen molar-refractivity contribution >= 4 is 5.91 Å². The van der Waals surface area contributed by atoms with Gasteiger partial charge in [0.15, 0.2) is 0 Å². The minimum atomic E-state index is 0.180. The van der Waals surface area contributed by atoms with Gasteiger partial charge in [-0.2, -0.15) is 0 Å². The number of fused-ring (bicyclic) bond motifs is 1. The summed E-state index contributed by atoms with van der Waals surface area (Å²) in [5, 5.41) is 2.95. The summed E-state index contributed by atoms with van der Waals surface area (Å²) < 4.78 is 0. The average Bonchev–Trinajstić information content (AvgIpc) is 2.25. The normalized spacial score (nSPS) is 28.5. The zero-order valence-electron chi connectivity index (χ0n) is 7.05. The standard InChI is InChI=1S/C10H13NO/c12-10-7-3-5-8-4-1-2-6-9(8)11-10/h1-2,6,8H,3-5,7H2,(H,11,12). The molecular weight excluding hydrogens is 150 g/mol. The van der Waals surface area contributed by atoms with E-state index in [1.165, 1.54) is 0 Å². The van der Waals surface area contributed by atoms with Gasteiger partial charge in [-0.05, 0) is 25.3 Å². The second kappa shape index (κ2) is 3.13. The van der Waals surface area contributed by atoms with Gasteiger partial charge in [0.25, 0.3) is 0 Å². The van der Waals surface area contributed by atoms with Crippen LogP contribution in [-0.4, -0.2) is 5.91 Å². The number of amides is 1. The molecule has 1 aliphatic heterocycles. The lowest BCUT2D eigenvalue weighted by molar-refractivity contribution is -0.120. The van der Waals surface area contributed by atoms with Crippen LogP contribution in [0, 0.1) is 5.92 Å². The van der Waals surface area contributed by atoms with E-state index in [2.05, 4.69) is 11.4 Å². The topological polar surface area (TPSA) is 29.1 Å². The van der Waals surface area contributed by atoms with Gasteiger partial charge in [-0.3, -0.25) is 4.79 Å². The van der Waals surface area contributed by atoms with Crippen molar-refractivity contribution in [1.29, 1.82) is 0 Å². The largest absolute Gasteiger partial charge is 0.329 e. The smallest absolute Gasteiger partial charge is 0.224 e. The van der Waals surface area contributed by atoms with E-state index >= 15 is 0 Å². The quantitative estimate of drug-likeness (QED) is 0.579. The SMILES string of the molecule is O=C1CCCC2CC=CC=C2N1. The summed E-state index contributed by atoms with van der Waals surface area (Å²) in [5.41, 5.74) is 1.13. The summed E-state index contributed by atoms with van der Waals surface area (Å²) in [7, 11) is 0. The van der Waals surface area contributed by atoms with E-state index in [1.807, 2.05) is 12.2 Å². The van der Waals surface area contributed by atoms with E-state index < -0.39 is 0 Å². The fourth-order valence-electron chi connectivity index (χ4n) is 1.83. The third-order valence-corrected chi connectivity index (χ3v) is 2.51. The van der Waals surface area contributed by atoms with Crippen molar-refractivity contribution in [1.82, 2.24) is 5.32 Å². The van der Waals surface area contributed by atoms with E-state index in [0.717, 1.165) is 25.0 Å². The summed E-state index contributed by atoms with van der Waals surface area (Å²) in [4.78, 5) is 11.2. The Kier molecular flexibility index (Phi) is 1.98. The zero-order chi connectivity index (χ0) is 8.39. The third-order valence-electron chi connectivity index (χ3n) is 2.51. The van der Waals surface area contributed by atoms with Crippen molar-refractivity contribution in [3.63, 3.8) is 0 Å². The molecular formula is C10H13NO. The molecule has 0 spiro atoms. The van der Waals surface area contributed by atoms with E-state index in [1.54, 1.807) is 0 Å². The fraction of sp³-hybridized carbons (Fsp3) is 0.500. The molecule has 1 unspecified atom stereocenters. The second-order valence-corrected chi connectivity index (χ2v) is 3.42. The summed E-state index contributed by atoms with van der Waals surface area (Å²) in [6, 6.07) is 0. The number of allylic oxidation sites excluding steroid dienone is 4. The zero-order valence-corrected chi connectivity index (χ0v) is 7.05. The molecule has 2 heteroatoms. The second-order valence-electron chi connectivity index (χ2n) is 3.42. The summed E-state index contributed by atoms with van der Waals surface area (Å²) in [6.07, 6.45) is 10.2. The van der Waals surface area contributed by atoms with Crippen LogP contribution in [0.5, 0.6) is 0 Å². The Balaban J connectivity index is 2.18. The lowest BCUT2D eigenvalue weighted by atomic mass is 9.93. The molecule has 64 valence electrons. The van der Waals surface area contributed by atoms with Gasteiger partial charge in [0, 0.05) is 18.0 Å². The first-order chi connectivity index (χ1) is 5.86. The van der Waals surface area contributed by atoms with Gasteiger partial charge >= 0.3 is 0 Å². The van der Waals surface area contributed by atoms with Crippen LogP contribution >= 0.6 is 0 Å². The number of rotatable bonds is 0. The minimum absolute atomic E-state index is 0.180. The van der Waals surface area contributed by atoms with Crippen LogP contribution in [0.25, 0.3) is 0 Å². The van der Waals surface area contributed by atoms with Crippen LogP contribution in [0.4, 0.5) is 0 Å². The number of carbonyl (C=O) groups is 1. The molecule has 12 heavy (non-hydrogen) atoms. The maximum absolute atomic E-state index is 11.2. The molecule has 1 fully saturated rings. The highest BCUT2D eigenvalue weighted by Gasteiger charge is 2.20. The Bertz CT molecular complexity index is 253. The summed E-state index contributed by atoms with van der Waals surface area (Å²) >= 11 is 0. The highest BCUT2D eigenvalue weighted by Crippen LogP contribution is 2.26. The predicted octanol–water partition coefficient (Wildman–Crippen LogP) is 1.75. The highest BCUT2D eigenvalue weighted by molar-refractivity contribution is 5.78. The van der Waals surface area contributed by atoms with E-state index in [-0.39, 0.29) is 5.91 Å². The maximum atomic E-state index is 11.2. The van der Waals surface area contributed by atoms with E-state index in [9.17, 15) is 4.79 Å². The van der Waals surface area contributed by atoms with Crippen LogP contribution < -0.4 is 5.32 Å². The van der Waals surface area contributed by atoms with Gasteiger partial charge < -0.3 is 5.32 Å². The number of nitrogens with one attached hydrogen (secondary N) is 1. The van der Waals surface area contributed by atoms with Crippen LogP contribution in [0.15, 0.2) is 23.9 Å². The minimum Gasteiger partial charge on any atom is -0.329 e. The van der Waals surface area contributed by atoms with Crippen molar-refractivity contribution in [3.8, 4) is 0 Å². The molecule has 2 aliphatic rings. The van der Waals surface area contributed by atoms with Gasteiger partial charge in [-0.1, -0.05) is 12.2 Å². The van der Waals surface area contributed by atoms with Crippen molar-refractivity contribution < 1.29 is 4.79 Å². The Morgan fingerprint density at radius 2 is 2.42 bits per heavy atom. The Labute approximate surface area is 72.3 Å². The molecule has 0 aromatic carbocycles. The maximum Gasteiger partial charge on any atom is 0.224 e. The molecule has 1 aliphatic carbocycles. The van der Waals surface area contributed by atoms with Gasteiger partial charge in [0.05, 0.1) is 0 Å². The molecule has 1 heterocycles. The highest BCUT2D eigenvalue weighted by atomic mass is 16.1. The third kappa shape index (κ3) is 1.42. The summed E-state index contributed by atoms with van der Waals surface area (Å²) in [6.45, 7) is 0. The first-order valence-corrected chi connectivity index (χ1v) is 4.53. The Hall–Kier alpha value is -1.05.